The Morgan fingerprint density at radius 1 is 1.46 bits per heavy atom. The molecule has 0 aliphatic carbocycles. The second-order valence-electron chi connectivity index (χ2n) is 2.20. The van der Waals surface area contributed by atoms with E-state index in [0.717, 1.165) is 0 Å². The van der Waals surface area contributed by atoms with Crippen LogP contribution in [0.1, 0.15) is 0 Å². The summed E-state index contributed by atoms with van der Waals surface area (Å²) in [6, 6.07) is 8.40. The van der Waals surface area contributed by atoms with Crippen molar-refractivity contribution >= 4 is 23.8 Å². The van der Waals surface area contributed by atoms with E-state index in [0.29, 0.717) is 5.46 Å². The second kappa shape index (κ2) is 5.10. The van der Waals surface area contributed by atoms with Gasteiger partial charge >= 0.3 is 7.12 Å². The Morgan fingerprint density at radius 2 is 2.08 bits per heavy atom. The van der Waals surface area contributed by atoms with Crippen LogP contribution in [-0.2, 0) is 16.0 Å². The van der Waals surface area contributed by atoms with E-state index < -0.39 is 18.4 Å². The smallest absolute Gasteiger partial charge is 0.509 e. The summed E-state index contributed by atoms with van der Waals surface area (Å²) < 4.78 is 24.4. The van der Waals surface area contributed by atoms with Gasteiger partial charge < -0.3 is 14.3 Å². The zero-order valence-electron chi connectivity index (χ0n) is 6.54. The molecular formula is C6H7BNO4S-. The number of hydrogen-bond donors (Lipinski definition) is 2. The van der Waals surface area contributed by atoms with Gasteiger partial charge in [0.1, 0.15) is 0 Å². The Labute approximate surface area is 78.2 Å². The maximum Gasteiger partial charge on any atom is 0.509 e. The monoisotopic (exact) mass is 200 g/mol. The van der Waals surface area contributed by atoms with E-state index >= 15 is 0 Å². The predicted octanol–water partition coefficient (Wildman–Crippen LogP) is -1.31. The Balaban J connectivity index is 2.49. The van der Waals surface area contributed by atoms with E-state index in [1.54, 1.807) is 35.2 Å². The fourth-order valence-corrected chi connectivity index (χ4v) is 0.940. The minimum absolute atomic E-state index is 0.473. The Kier molecular flexibility index (Phi) is 4.06. The Hall–Kier alpha value is -0.725. The molecule has 1 rings (SSSR count). The van der Waals surface area contributed by atoms with Crippen LogP contribution in [0.2, 0.25) is 0 Å². The van der Waals surface area contributed by atoms with Crippen molar-refractivity contribution in [1.82, 2.24) is 4.89 Å². The largest absolute Gasteiger partial charge is 0.758 e. The van der Waals surface area contributed by atoms with E-state index in [9.17, 15) is 13.8 Å². The average Bonchev–Trinajstić information content (AvgIpc) is 2.15. The molecule has 0 fully saturated rings. The fraction of sp³-hybridized carbons (Fsp3) is 0. The summed E-state index contributed by atoms with van der Waals surface area (Å²) in [6.45, 7) is 0. The summed E-state index contributed by atoms with van der Waals surface area (Å²) in [5.41, 5.74) is 0.473. The Bertz CT molecular complexity index is 283. The van der Waals surface area contributed by atoms with Gasteiger partial charge in [0.25, 0.3) is 0 Å². The standard InChI is InChI=1S/C6H8BNO4S/c9-7(12-8-13(10)11)6-4-2-1-3-5-6/h1-5,8-9H,(H,10,11)/p-1. The first kappa shape index (κ1) is 10.4. The molecule has 0 radical (unpaired) electrons. The van der Waals surface area contributed by atoms with E-state index in [1.807, 2.05) is 0 Å². The molecule has 2 N–H and O–H groups in total. The summed E-state index contributed by atoms with van der Waals surface area (Å²) in [5, 5.41) is 9.21. The number of nitrogens with one attached hydrogen (secondary N) is 1. The van der Waals surface area contributed by atoms with Crippen molar-refractivity contribution in [2.75, 3.05) is 0 Å². The van der Waals surface area contributed by atoms with Gasteiger partial charge in [0.05, 0.1) is 0 Å². The zero-order chi connectivity index (χ0) is 9.68. The summed E-state index contributed by atoms with van der Waals surface area (Å²) in [4.78, 5) is 1.61. The minimum atomic E-state index is -2.54. The maximum atomic E-state index is 9.99. The van der Waals surface area contributed by atoms with Crippen LogP contribution in [0.3, 0.4) is 0 Å². The lowest BCUT2D eigenvalue weighted by atomic mass is 9.80. The van der Waals surface area contributed by atoms with Crippen molar-refractivity contribution in [2.24, 2.45) is 0 Å². The fourth-order valence-electron chi connectivity index (χ4n) is 0.771. The van der Waals surface area contributed by atoms with Crippen molar-refractivity contribution in [3.8, 4) is 0 Å². The molecule has 13 heavy (non-hydrogen) atoms. The van der Waals surface area contributed by atoms with Crippen molar-refractivity contribution < 1.29 is 18.5 Å². The van der Waals surface area contributed by atoms with Crippen LogP contribution >= 0.6 is 0 Å². The molecule has 7 heteroatoms. The number of rotatable bonds is 4. The third-order valence-corrected chi connectivity index (χ3v) is 1.54. The average molecular weight is 200 g/mol. The maximum absolute atomic E-state index is 9.99. The van der Waals surface area contributed by atoms with Crippen molar-refractivity contribution in [3.63, 3.8) is 0 Å². The van der Waals surface area contributed by atoms with Gasteiger partial charge in [-0.15, -0.1) is 4.89 Å². The van der Waals surface area contributed by atoms with E-state index in [1.165, 1.54) is 0 Å². The van der Waals surface area contributed by atoms with Crippen LogP contribution in [0.15, 0.2) is 30.3 Å². The molecule has 1 atom stereocenters. The predicted molar refractivity (Wildman–Crippen MR) is 47.2 cm³/mol. The van der Waals surface area contributed by atoms with E-state index in [-0.39, 0.29) is 0 Å². The second-order valence-corrected chi connectivity index (χ2v) is 2.84. The normalized spacial score (nSPS) is 12.5. The number of benzene rings is 1. The van der Waals surface area contributed by atoms with Crippen LogP contribution in [0.4, 0.5) is 0 Å². The highest BCUT2D eigenvalue weighted by Gasteiger charge is 2.15. The molecule has 0 bridgehead atoms. The van der Waals surface area contributed by atoms with Crippen LogP contribution in [0.25, 0.3) is 0 Å². The van der Waals surface area contributed by atoms with Gasteiger partial charge in [-0.2, -0.15) is 0 Å². The highest BCUT2D eigenvalue weighted by atomic mass is 32.2. The van der Waals surface area contributed by atoms with Crippen LogP contribution < -0.4 is 10.3 Å². The molecule has 0 heterocycles. The molecule has 0 spiro atoms. The summed E-state index contributed by atoms with van der Waals surface area (Å²) in [6.07, 6.45) is 0. The lowest BCUT2D eigenvalue weighted by Crippen LogP contribution is -2.39. The van der Waals surface area contributed by atoms with Gasteiger partial charge in [-0.25, -0.2) is 0 Å². The first-order valence-electron chi connectivity index (χ1n) is 3.43. The molecule has 0 saturated carbocycles. The first-order valence-corrected chi connectivity index (χ1v) is 4.51. The molecule has 1 unspecified atom stereocenters. The quantitative estimate of drug-likeness (QED) is 0.359. The van der Waals surface area contributed by atoms with Crippen LogP contribution in [0, 0.1) is 0 Å². The molecule has 0 aliphatic rings. The van der Waals surface area contributed by atoms with Gasteiger partial charge in [-0.3, -0.25) is 4.21 Å². The number of hydrogen-bond acceptors (Lipinski definition) is 4. The molecule has 0 saturated heterocycles. The summed E-state index contributed by atoms with van der Waals surface area (Å²) >= 11 is -2.54. The van der Waals surface area contributed by atoms with E-state index in [4.69, 9.17) is 0 Å². The van der Waals surface area contributed by atoms with Gasteiger partial charge in [0, 0.05) is 11.3 Å². The van der Waals surface area contributed by atoms with Crippen molar-refractivity contribution in [1.29, 1.82) is 0 Å². The van der Waals surface area contributed by atoms with Crippen molar-refractivity contribution in [2.45, 2.75) is 0 Å². The van der Waals surface area contributed by atoms with Gasteiger partial charge in [0.15, 0.2) is 0 Å². The zero-order valence-corrected chi connectivity index (χ0v) is 7.36. The minimum Gasteiger partial charge on any atom is -0.758 e. The topological polar surface area (TPSA) is 81.6 Å². The summed E-state index contributed by atoms with van der Waals surface area (Å²) in [5.74, 6) is 0. The Morgan fingerprint density at radius 3 is 2.62 bits per heavy atom. The first-order chi connectivity index (χ1) is 6.20. The lowest BCUT2D eigenvalue weighted by molar-refractivity contribution is 0.225. The van der Waals surface area contributed by atoms with Crippen molar-refractivity contribution in [3.05, 3.63) is 30.3 Å². The third-order valence-electron chi connectivity index (χ3n) is 1.31. The third kappa shape index (κ3) is 3.66. The highest BCUT2D eigenvalue weighted by Crippen LogP contribution is 1.86. The molecule has 0 amide bonds. The lowest BCUT2D eigenvalue weighted by Gasteiger charge is -2.10. The molecule has 1 aromatic carbocycles. The molecule has 5 nitrogen and oxygen atoms in total. The molecule has 1 aromatic rings. The van der Waals surface area contributed by atoms with Crippen LogP contribution in [-0.4, -0.2) is 20.9 Å². The molecular weight excluding hydrogens is 193 g/mol. The molecule has 0 aromatic heterocycles. The van der Waals surface area contributed by atoms with Crippen LogP contribution in [0.5, 0.6) is 0 Å². The van der Waals surface area contributed by atoms with Gasteiger partial charge in [0.2, 0.25) is 0 Å². The van der Waals surface area contributed by atoms with Gasteiger partial charge in [-0.05, 0) is 5.46 Å². The molecule has 70 valence electrons. The highest BCUT2D eigenvalue weighted by molar-refractivity contribution is 7.76. The van der Waals surface area contributed by atoms with E-state index in [2.05, 4.69) is 4.76 Å². The summed E-state index contributed by atoms with van der Waals surface area (Å²) in [7, 11) is -1.29. The molecule has 0 aliphatic heterocycles. The SMILES string of the molecule is O=S([O-])NOB(O)c1ccccc1. The van der Waals surface area contributed by atoms with Gasteiger partial charge in [-0.1, -0.05) is 30.3 Å².